The molecule has 2 N–H and O–H groups in total. The third-order valence-electron chi connectivity index (χ3n) is 3.04. The number of carbonyl (C=O) groups excluding carboxylic acids is 1. The van der Waals surface area contributed by atoms with Gasteiger partial charge in [-0.25, -0.2) is 4.79 Å². The molecule has 0 heterocycles. The van der Waals surface area contributed by atoms with E-state index in [0.29, 0.717) is 0 Å². The standard InChI is InChI=1S/C16H26N2O/c1-15(2,3)13(16(4,5)6)18-14(19)17-12-10-8-7-9-11-12/h7-11,13H,1-6H3,(H2,17,18,19). The lowest BCUT2D eigenvalue weighted by Gasteiger charge is -2.41. The number of para-hydroxylation sites is 1. The number of amides is 2. The highest BCUT2D eigenvalue weighted by Crippen LogP contribution is 2.33. The summed E-state index contributed by atoms with van der Waals surface area (Å²) in [6, 6.07) is 9.42. The van der Waals surface area contributed by atoms with Crippen LogP contribution in [-0.4, -0.2) is 12.1 Å². The molecule has 0 aliphatic heterocycles. The fraction of sp³-hybridized carbons (Fsp3) is 0.562. The van der Waals surface area contributed by atoms with Crippen LogP contribution >= 0.6 is 0 Å². The SMILES string of the molecule is CC(C)(C)C(NC(=O)Nc1ccccc1)C(C)(C)C. The van der Waals surface area contributed by atoms with Crippen LogP contribution in [0.3, 0.4) is 0 Å². The number of nitrogens with one attached hydrogen (secondary N) is 2. The Morgan fingerprint density at radius 3 is 1.84 bits per heavy atom. The molecule has 0 aliphatic rings. The van der Waals surface area contributed by atoms with E-state index < -0.39 is 0 Å². The maximum Gasteiger partial charge on any atom is 0.319 e. The van der Waals surface area contributed by atoms with E-state index in [1.54, 1.807) is 0 Å². The zero-order valence-electron chi connectivity index (χ0n) is 12.9. The molecule has 0 fully saturated rings. The molecule has 1 aromatic carbocycles. The van der Waals surface area contributed by atoms with Gasteiger partial charge in [0.05, 0.1) is 0 Å². The van der Waals surface area contributed by atoms with Crippen LogP contribution < -0.4 is 10.6 Å². The fourth-order valence-electron chi connectivity index (χ4n) is 2.55. The summed E-state index contributed by atoms with van der Waals surface area (Å²) in [5.41, 5.74) is 0.819. The summed E-state index contributed by atoms with van der Waals surface area (Å²) in [4.78, 5) is 12.1. The van der Waals surface area contributed by atoms with Crippen molar-refractivity contribution in [3.05, 3.63) is 30.3 Å². The Labute approximate surface area is 116 Å². The number of carbonyl (C=O) groups is 1. The zero-order valence-corrected chi connectivity index (χ0v) is 12.9. The van der Waals surface area contributed by atoms with Crippen molar-refractivity contribution in [1.82, 2.24) is 5.32 Å². The van der Waals surface area contributed by atoms with Gasteiger partial charge in [-0.2, -0.15) is 0 Å². The molecule has 3 heteroatoms. The first kappa shape index (κ1) is 15.5. The molecule has 0 saturated carbocycles. The highest BCUT2D eigenvalue weighted by atomic mass is 16.2. The van der Waals surface area contributed by atoms with Crippen molar-refractivity contribution in [1.29, 1.82) is 0 Å². The first-order chi connectivity index (χ1) is 8.60. The first-order valence-electron chi connectivity index (χ1n) is 6.73. The third kappa shape index (κ3) is 4.93. The van der Waals surface area contributed by atoms with E-state index in [1.807, 2.05) is 30.3 Å². The predicted octanol–water partition coefficient (Wildman–Crippen LogP) is 4.27. The number of hydrogen-bond donors (Lipinski definition) is 2. The van der Waals surface area contributed by atoms with Crippen molar-refractivity contribution in [2.24, 2.45) is 10.8 Å². The Bertz CT molecular complexity index is 399. The summed E-state index contributed by atoms with van der Waals surface area (Å²) in [6.07, 6.45) is 0. The van der Waals surface area contributed by atoms with E-state index in [2.05, 4.69) is 52.2 Å². The second kappa shape index (κ2) is 5.64. The molecular weight excluding hydrogens is 236 g/mol. The first-order valence-corrected chi connectivity index (χ1v) is 6.73. The molecule has 19 heavy (non-hydrogen) atoms. The van der Waals surface area contributed by atoms with Gasteiger partial charge < -0.3 is 10.6 Å². The van der Waals surface area contributed by atoms with Crippen molar-refractivity contribution in [3.8, 4) is 0 Å². The van der Waals surface area contributed by atoms with Crippen molar-refractivity contribution in [2.75, 3.05) is 5.32 Å². The highest BCUT2D eigenvalue weighted by Gasteiger charge is 2.35. The maximum atomic E-state index is 12.1. The van der Waals surface area contributed by atoms with Gasteiger partial charge in [0.15, 0.2) is 0 Å². The Kier molecular flexibility index (Phi) is 4.61. The van der Waals surface area contributed by atoms with Crippen LogP contribution in [0.2, 0.25) is 0 Å². The largest absolute Gasteiger partial charge is 0.334 e. The summed E-state index contributed by atoms with van der Waals surface area (Å²) in [5.74, 6) is 0. The second-order valence-electron chi connectivity index (χ2n) is 7.13. The van der Waals surface area contributed by atoms with E-state index in [9.17, 15) is 4.79 Å². The van der Waals surface area contributed by atoms with E-state index in [0.717, 1.165) is 5.69 Å². The van der Waals surface area contributed by atoms with Crippen molar-refractivity contribution >= 4 is 11.7 Å². The van der Waals surface area contributed by atoms with Crippen LogP contribution in [-0.2, 0) is 0 Å². The number of benzene rings is 1. The molecule has 0 atom stereocenters. The van der Waals surface area contributed by atoms with E-state index in [1.165, 1.54) is 0 Å². The average Bonchev–Trinajstić information content (AvgIpc) is 2.24. The molecule has 106 valence electrons. The maximum absolute atomic E-state index is 12.1. The second-order valence-corrected chi connectivity index (χ2v) is 7.13. The fourth-order valence-corrected chi connectivity index (χ4v) is 2.55. The Hall–Kier alpha value is -1.51. The average molecular weight is 262 g/mol. The molecule has 0 spiro atoms. The summed E-state index contributed by atoms with van der Waals surface area (Å²) in [6.45, 7) is 12.9. The molecule has 0 unspecified atom stereocenters. The number of rotatable bonds is 2. The molecule has 2 amide bonds. The Balaban J connectivity index is 2.73. The van der Waals surface area contributed by atoms with Gasteiger partial charge in [0.2, 0.25) is 0 Å². The van der Waals surface area contributed by atoms with E-state index in [4.69, 9.17) is 0 Å². The number of anilines is 1. The van der Waals surface area contributed by atoms with Gasteiger partial charge in [-0.1, -0.05) is 59.7 Å². The highest BCUT2D eigenvalue weighted by molar-refractivity contribution is 5.89. The molecule has 0 radical (unpaired) electrons. The molecule has 1 rings (SSSR count). The Morgan fingerprint density at radius 1 is 0.947 bits per heavy atom. The summed E-state index contributed by atoms with van der Waals surface area (Å²) in [7, 11) is 0. The van der Waals surface area contributed by atoms with Crippen molar-refractivity contribution < 1.29 is 4.79 Å². The summed E-state index contributed by atoms with van der Waals surface area (Å²) in [5, 5.41) is 5.96. The van der Waals surface area contributed by atoms with Gasteiger partial charge in [0.1, 0.15) is 0 Å². The summed E-state index contributed by atoms with van der Waals surface area (Å²) < 4.78 is 0. The van der Waals surface area contributed by atoms with E-state index in [-0.39, 0.29) is 22.9 Å². The van der Waals surface area contributed by atoms with Gasteiger partial charge in [0.25, 0.3) is 0 Å². The minimum absolute atomic E-state index is 0.00623. The molecular formula is C16H26N2O. The van der Waals surface area contributed by atoms with Crippen LogP contribution in [0, 0.1) is 10.8 Å². The van der Waals surface area contributed by atoms with Gasteiger partial charge >= 0.3 is 6.03 Å². The lowest BCUT2D eigenvalue weighted by atomic mass is 9.72. The van der Waals surface area contributed by atoms with Crippen molar-refractivity contribution in [3.63, 3.8) is 0 Å². The predicted molar refractivity (Wildman–Crippen MR) is 81.3 cm³/mol. The quantitative estimate of drug-likeness (QED) is 0.821. The molecule has 0 aliphatic carbocycles. The minimum Gasteiger partial charge on any atom is -0.334 e. The monoisotopic (exact) mass is 262 g/mol. The summed E-state index contributed by atoms with van der Waals surface area (Å²) >= 11 is 0. The molecule has 0 aromatic heterocycles. The van der Waals surface area contributed by atoms with E-state index >= 15 is 0 Å². The van der Waals surface area contributed by atoms with Crippen molar-refractivity contribution in [2.45, 2.75) is 47.6 Å². The number of urea groups is 1. The molecule has 0 bridgehead atoms. The number of hydrogen-bond acceptors (Lipinski definition) is 1. The van der Waals surface area contributed by atoms with Crippen LogP contribution in [0.5, 0.6) is 0 Å². The topological polar surface area (TPSA) is 41.1 Å². The Morgan fingerprint density at radius 2 is 1.42 bits per heavy atom. The molecule has 0 saturated heterocycles. The van der Waals surface area contributed by atoms with Gasteiger partial charge in [-0.05, 0) is 23.0 Å². The normalized spacial score (nSPS) is 12.4. The minimum atomic E-state index is -0.152. The van der Waals surface area contributed by atoms with Crippen LogP contribution in [0.25, 0.3) is 0 Å². The van der Waals surface area contributed by atoms with Crippen LogP contribution in [0.4, 0.5) is 10.5 Å². The van der Waals surface area contributed by atoms with Crippen LogP contribution in [0.1, 0.15) is 41.5 Å². The zero-order chi connectivity index (χ0) is 14.7. The van der Waals surface area contributed by atoms with Gasteiger partial charge in [0, 0.05) is 11.7 Å². The van der Waals surface area contributed by atoms with Gasteiger partial charge in [-0.3, -0.25) is 0 Å². The third-order valence-corrected chi connectivity index (χ3v) is 3.04. The lowest BCUT2D eigenvalue weighted by molar-refractivity contribution is 0.146. The molecule has 1 aromatic rings. The lowest BCUT2D eigenvalue weighted by Crippen LogP contribution is -2.52. The van der Waals surface area contributed by atoms with Crippen LogP contribution in [0.15, 0.2) is 30.3 Å². The smallest absolute Gasteiger partial charge is 0.319 e. The molecule has 3 nitrogen and oxygen atoms in total. The van der Waals surface area contributed by atoms with Gasteiger partial charge in [-0.15, -0.1) is 0 Å².